The Balaban J connectivity index is 1.54. The normalized spacial score (nSPS) is 11.3. The van der Waals surface area contributed by atoms with Crippen molar-refractivity contribution in [3.63, 3.8) is 0 Å². The molecule has 32 heavy (non-hydrogen) atoms. The molecular weight excluding hydrogens is 443 g/mol. The van der Waals surface area contributed by atoms with E-state index in [1.54, 1.807) is 23.7 Å². The van der Waals surface area contributed by atoms with Crippen LogP contribution in [0.25, 0.3) is 0 Å². The lowest BCUT2D eigenvalue weighted by Crippen LogP contribution is -2.25. The highest BCUT2D eigenvalue weighted by Crippen LogP contribution is 2.30. The van der Waals surface area contributed by atoms with Crippen LogP contribution in [-0.4, -0.2) is 32.3 Å². The van der Waals surface area contributed by atoms with Crippen molar-refractivity contribution in [2.45, 2.75) is 24.8 Å². The number of rotatable bonds is 7. The zero-order valence-corrected chi connectivity index (χ0v) is 18.0. The second kappa shape index (κ2) is 9.86. The number of aryl methyl sites for hydroxylation is 1. The molecule has 1 aromatic heterocycles. The first-order valence-corrected chi connectivity index (χ1v) is 10.5. The first-order chi connectivity index (χ1) is 15.1. The Morgan fingerprint density at radius 3 is 2.56 bits per heavy atom. The highest BCUT2D eigenvalue weighted by Gasteiger charge is 2.30. The minimum atomic E-state index is -4.49. The Bertz CT molecular complexity index is 1130. The van der Waals surface area contributed by atoms with E-state index in [-0.39, 0.29) is 23.9 Å². The average molecular weight is 463 g/mol. The number of halogens is 3. The summed E-state index contributed by atoms with van der Waals surface area (Å²) < 4.78 is 40.0. The maximum atomic E-state index is 12.8. The molecule has 0 aliphatic rings. The van der Waals surface area contributed by atoms with Crippen molar-refractivity contribution in [2.75, 3.05) is 11.1 Å². The molecule has 0 fully saturated rings. The zero-order chi connectivity index (χ0) is 23.3. The van der Waals surface area contributed by atoms with Crippen molar-refractivity contribution in [1.29, 1.82) is 0 Å². The van der Waals surface area contributed by atoms with Crippen LogP contribution in [0.5, 0.6) is 0 Å². The Hall–Kier alpha value is -3.34. The minimum absolute atomic E-state index is 0.0583. The summed E-state index contributed by atoms with van der Waals surface area (Å²) in [5, 5.41) is 13.7. The van der Waals surface area contributed by atoms with Gasteiger partial charge in [-0.25, -0.2) is 0 Å². The van der Waals surface area contributed by atoms with Crippen molar-refractivity contribution in [3.05, 3.63) is 71.0 Å². The monoisotopic (exact) mass is 463 g/mol. The summed E-state index contributed by atoms with van der Waals surface area (Å²) in [6.45, 7) is 1.99. The summed E-state index contributed by atoms with van der Waals surface area (Å²) >= 11 is 1.08. The smallest absolute Gasteiger partial charge is 0.345 e. The van der Waals surface area contributed by atoms with Gasteiger partial charge in [-0.15, -0.1) is 10.2 Å². The lowest BCUT2D eigenvalue weighted by Gasteiger charge is -2.10. The van der Waals surface area contributed by atoms with Crippen LogP contribution in [-0.2, 0) is 24.6 Å². The van der Waals surface area contributed by atoms with Gasteiger partial charge in [0.15, 0.2) is 11.0 Å². The van der Waals surface area contributed by atoms with E-state index in [1.165, 1.54) is 12.1 Å². The van der Waals surface area contributed by atoms with Crippen LogP contribution in [0.3, 0.4) is 0 Å². The SMILES string of the molecule is Cc1ccccc1C(=O)NCc1nnc(SCC(=O)Nc2cccc(C(F)(F)F)c2)n1C. The van der Waals surface area contributed by atoms with Crippen LogP contribution in [0.4, 0.5) is 18.9 Å². The summed E-state index contributed by atoms with van der Waals surface area (Å²) in [7, 11) is 1.70. The number of anilines is 1. The highest BCUT2D eigenvalue weighted by molar-refractivity contribution is 7.99. The molecule has 1 heterocycles. The first-order valence-electron chi connectivity index (χ1n) is 9.47. The lowest BCUT2D eigenvalue weighted by atomic mass is 10.1. The predicted molar refractivity (Wildman–Crippen MR) is 114 cm³/mol. The van der Waals surface area contributed by atoms with Gasteiger partial charge < -0.3 is 15.2 Å². The molecule has 2 amide bonds. The molecule has 11 heteroatoms. The fourth-order valence-corrected chi connectivity index (χ4v) is 3.54. The summed E-state index contributed by atoms with van der Waals surface area (Å²) in [4.78, 5) is 24.5. The Morgan fingerprint density at radius 1 is 1.09 bits per heavy atom. The van der Waals surface area contributed by atoms with Gasteiger partial charge in [0.1, 0.15) is 0 Å². The molecule has 0 radical (unpaired) electrons. The number of benzene rings is 2. The van der Waals surface area contributed by atoms with Crippen LogP contribution in [0.2, 0.25) is 0 Å². The molecule has 3 aromatic rings. The van der Waals surface area contributed by atoms with E-state index >= 15 is 0 Å². The number of hydrogen-bond acceptors (Lipinski definition) is 5. The van der Waals surface area contributed by atoms with Crippen LogP contribution < -0.4 is 10.6 Å². The van der Waals surface area contributed by atoms with Gasteiger partial charge in [0.25, 0.3) is 5.91 Å². The molecule has 3 rings (SSSR count). The zero-order valence-electron chi connectivity index (χ0n) is 17.2. The van der Waals surface area contributed by atoms with Crippen LogP contribution in [0, 0.1) is 6.92 Å². The molecule has 0 aliphatic carbocycles. The third-order valence-electron chi connectivity index (χ3n) is 4.53. The standard InChI is InChI=1S/C21H20F3N5O2S/c1-13-6-3-4-9-16(13)19(31)25-11-17-27-28-20(29(17)2)32-12-18(30)26-15-8-5-7-14(10-15)21(22,23)24/h3-10H,11-12H2,1-2H3,(H,25,31)(H,26,30). The molecule has 0 spiro atoms. The number of nitrogens with zero attached hydrogens (tertiary/aromatic N) is 3. The second-order valence-corrected chi connectivity index (χ2v) is 7.81. The summed E-state index contributed by atoms with van der Waals surface area (Å²) in [5.41, 5.74) is 0.637. The summed E-state index contributed by atoms with van der Waals surface area (Å²) in [5.74, 6) is -0.294. The van der Waals surface area contributed by atoms with E-state index in [2.05, 4.69) is 20.8 Å². The predicted octanol–water partition coefficient (Wildman–Crippen LogP) is 3.80. The number of alkyl halides is 3. The molecule has 0 saturated carbocycles. The lowest BCUT2D eigenvalue weighted by molar-refractivity contribution is -0.137. The van der Waals surface area contributed by atoms with Crippen molar-refractivity contribution >= 4 is 29.3 Å². The summed E-state index contributed by atoms with van der Waals surface area (Å²) in [6, 6.07) is 11.6. The molecule has 0 unspecified atom stereocenters. The first kappa shape index (κ1) is 23.3. The van der Waals surface area contributed by atoms with Gasteiger partial charge in [-0.1, -0.05) is 36.0 Å². The molecule has 0 saturated heterocycles. The van der Waals surface area contributed by atoms with Crippen LogP contribution >= 0.6 is 11.8 Å². The topological polar surface area (TPSA) is 88.9 Å². The molecule has 0 atom stereocenters. The molecule has 2 aromatic carbocycles. The van der Waals surface area contributed by atoms with Crippen molar-refractivity contribution in [1.82, 2.24) is 20.1 Å². The maximum Gasteiger partial charge on any atom is 0.416 e. The highest BCUT2D eigenvalue weighted by atomic mass is 32.2. The fourth-order valence-electron chi connectivity index (χ4n) is 2.81. The molecule has 7 nitrogen and oxygen atoms in total. The number of aromatic nitrogens is 3. The van der Waals surface area contributed by atoms with E-state index in [1.807, 2.05) is 19.1 Å². The van der Waals surface area contributed by atoms with E-state index in [0.717, 1.165) is 29.5 Å². The molecule has 0 bridgehead atoms. The van der Waals surface area contributed by atoms with Crippen molar-refractivity contribution in [2.24, 2.45) is 7.05 Å². The van der Waals surface area contributed by atoms with Crippen LogP contribution in [0.15, 0.2) is 53.7 Å². The number of carbonyl (C=O) groups is 2. The molecular formula is C21H20F3N5O2S. The van der Waals surface area contributed by atoms with E-state index in [9.17, 15) is 22.8 Å². The average Bonchev–Trinajstić information content (AvgIpc) is 3.10. The maximum absolute atomic E-state index is 12.8. The largest absolute Gasteiger partial charge is 0.416 e. The van der Waals surface area contributed by atoms with Gasteiger partial charge in [0.05, 0.1) is 17.9 Å². The van der Waals surface area contributed by atoms with Crippen LogP contribution in [0.1, 0.15) is 27.3 Å². The molecule has 168 valence electrons. The van der Waals surface area contributed by atoms with E-state index in [0.29, 0.717) is 16.5 Å². The van der Waals surface area contributed by atoms with Gasteiger partial charge in [-0.05, 0) is 36.8 Å². The van der Waals surface area contributed by atoms with Gasteiger partial charge in [-0.2, -0.15) is 13.2 Å². The van der Waals surface area contributed by atoms with Crippen molar-refractivity contribution in [3.8, 4) is 0 Å². The number of carbonyl (C=O) groups excluding carboxylic acids is 2. The number of thioether (sulfide) groups is 1. The summed E-state index contributed by atoms with van der Waals surface area (Å²) in [6.07, 6.45) is -4.49. The molecule has 0 aliphatic heterocycles. The fraction of sp³-hybridized carbons (Fsp3) is 0.238. The third kappa shape index (κ3) is 5.88. The van der Waals surface area contributed by atoms with Gasteiger partial charge in [-0.3, -0.25) is 9.59 Å². The van der Waals surface area contributed by atoms with Gasteiger partial charge >= 0.3 is 6.18 Å². The van der Waals surface area contributed by atoms with Gasteiger partial charge in [0.2, 0.25) is 5.91 Å². The number of nitrogens with one attached hydrogen (secondary N) is 2. The second-order valence-electron chi connectivity index (χ2n) is 6.87. The minimum Gasteiger partial charge on any atom is -0.345 e. The van der Waals surface area contributed by atoms with E-state index < -0.39 is 17.6 Å². The van der Waals surface area contributed by atoms with Gasteiger partial charge in [0, 0.05) is 18.3 Å². The Kier molecular flexibility index (Phi) is 7.18. The number of amides is 2. The Morgan fingerprint density at radius 2 is 1.84 bits per heavy atom. The van der Waals surface area contributed by atoms with Crippen molar-refractivity contribution < 1.29 is 22.8 Å². The number of hydrogen-bond donors (Lipinski definition) is 2. The quantitative estimate of drug-likeness (QED) is 0.521. The third-order valence-corrected chi connectivity index (χ3v) is 5.55. The Labute approximate surface area is 186 Å². The molecule has 2 N–H and O–H groups in total. The van der Waals surface area contributed by atoms with E-state index in [4.69, 9.17) is 0 Å².